The number of benzene rings is 3. The summed E-state index contributed by atoms with van der Waals surface area (Å²) in [5.41, 5.74) is -2.28. The van der Waals surface area contributed by atoms with Gasteiger partial charge in [0.25, 0.3) is 5.91 Å². The second-order valence-corrected chi connectivity index (χ2v) is 10.4. The molecule has 3 aromatic carbocycles. The Morgan fingerprint density at radius 1 is 1.00 bits per heavy atom. The molecule has 0 fully saturated rings. The third-order valence-corrected chi connectivity index (χ3v) is 6.28. The molecule has 0 aliphatic rings. The zero-order valence-corrected chi connectivity index (χ0v) is 22.7. The van der Waals surface area contributed by atoms with Crippen molar-refractivity contribution in [1.82, 2.24) is 10.3 Å². The van der Waals surface area contributed by atoms with E-state index in [0.29, 0.717) is 17.5 Å². The highest BCUT2D eigenvalue weighted by molar-refractivity contribution is 6.34. The van der Waals surface area contributed by atoms with Gasteiger partial charge in [0.05, 0.1) is 27.4 Å². The molecule has 4 aromatic rings. The Labute approximate surface area is 236 Å². The van der Waals surface area contributed by atoms with E-state index in [0.717, 1.165) is 6.07 Å². The molecule has 0 aliphatic heterocycles. The number of ether oxygens (including phenoxy) is 1. The molecule has 0 spiro atoms. The van der Waals surface area contributed by atoms with Crippen LogP contribution in [0.1, 0.15) is 42.3 Å². The minimum atomic E-state index is -4.92. The van der Waals surface area contributed by atoms with E-state index < -0.39 is 40.3 Å². The first kappa shape index (κ1) is 29.7. The van der Waals surface area contributed by atoms with E-state index in [1.165, 1.54) is 36.5 Å². The third-order valence-electron chi connectivity index (χ3n) is 5.97. The Morgan fingerprint density at radius 3 is 2.41 bits per heavy atom. The lowest BCUT2D eigenvalue weighted by Crippen LogP contribution is -2.34. The first-order valence-corrected chi connectivity index (χ1v) is 12.5. The Bertz CT molecular complexity index is 1650. The van der Waals surface area contributed by atoms with Crippen molar-refractivity contribution in [3.05, 3.63) is 94.1 Å². The van der Waals surface area contributed by atoms with Crippen LogP contribution in [0.5, 0.6) is 11.5 Å². The van der Waals surface area contributed by atoms with Crippen LogP contribution in [-0.4, -0.2) is 16.8 Å². The fourth-order valence-corrected chi connectivity index (χ4v) is 4.05. The number of hydrogen-bond acceptors (Lipinski definition) is 4. The number of rotatable bonds is 6. The number of aromatic nitrogens is 1. The number of para-hydroxylation sites is 1. The highest BCUT2D eigenvalue weighted by atomic mass is 35.5. The van der Waals surface area contributed by atoms with E-state index in [2.05, 4.69) is 15.6 Å². The molecule has 0 saturated heterocycles. The van der Waals surface area contributed by atoms with Crippen LogP contribution < -0.4 is 15.4 Å². The minimum Gasteiger partial charge on any atom is -0.457 e. The fourth-order valence-electron chi connectivity index (χ4n) is 3.82. The first-order valence-electron chi connectivity index (χ1n) is 12.2. The molecule has 2 amide bonds. The summed E-state index contributed by atoms with van der Waals surface area (Å²) < 4.78 is 74.1. The van der Waals surface area contributed by atoms with Gasteiger partial charge in [0.15, 0.2) is 0 Å². The lowest BCUT2D eigenvalue weighted by atomic mass is 9.95. The van der Waals surface area contributed by atoms with Crippen LogP contribution in [0.4, 0.5) is 27.6 Å². The fraction of sp³-hybridized carbons (Fsp3) is 0.207. The normalized spacial score (nSPS) is 11.8. The van der Waals surface area contributed by atoms with Gasteiger partial charge in [-0.3, -0.25) is 14.6 Å². The number of pyridine rings is 1. The smallest absolute Gasteiger partial charge is 0.419 e. The summed E-state index contributed by atoms with van der Waals surface area (Å²) in [6.45, 7) is 4.93. The topological polar surface area (TPSA) is 80.3 Å². The molecule has 0 unspecified atom stereocenters. The van der Waals surface area contributed by atoms with Gasteiger partial charge in [-0.25, -0.2) is 8.78 Å². The number of fused-ring (bicyclic) bond motifs is 1. The molecular formula is C29H23ClF5N3O3. The van der Waals surface area contributed by atoms with Crippen molar-refractivity contribution in [3.8, 4) is 11.5 Å². The summed E-state index contributed by atoms with van der Waals surface area (Å²) >= 11 is 6.16. The van der Waals surface area contributed by atoms with Gasteiger partial charge in [-0.1, -0.05) is 44.5 Å². The second-order valence-electron chi connectivity index (χ2n) is 10.0. The van der Waals surface area contributed by atoms with E-state index in [1.807, 2.05) is 0 Å². The van der Waals surface area contributed by atoms with Crippen LogP contribution in [0, 0.1) is 17.0 Å². The molecule has 0 saturated carbocycles. The molecule has 12 heteroatoms. The molecule has 2 N–H and O–H groups in total. The highest BCUT2D eigenvalue weighted by Crippen LogP contribution is 2.37. The molecule has 4 rings (SSSR count). The maximum atomic E-state index is 15.4. The van der Waals surface area contributed by atoms with Gasteiger partial charge >= 0.3 is 6.18 Å². The van der Waals surface area contributed by atoms with Crippen LogP contribution in [0.15, 0.2) is 60.8 Å². The third kappa shape index (κ3) is 6.57. The summed E-state index contributed by atoms with van der Waals surface area (Å²) in [5.74, 6) is -3.77. The molecule has 0 aliphatic carbocycles. The molecule has 1 aromatic heterocycles. The number of hydrogen-bond donors (Lipinski definition) is 2. The van der Waals surface area contributed by atoms with E-state index in [1.54, 1.807) is 26.8 Å². The van der Waals surface area contributed by atoms with Gasteiger partial charge in [-0.2, -0.15) is 13.2 Å². The van der Waals surface area contributed by atoms with Crippen molar-refractivity contribution >= 4 is 40.0 Å². The maximum Gasteiger partial charge on any atom is 0.419 e. The van der Waals surface area contributed by atoms with Gasteiger partial charge < -0.3 is 15.4 Å². The Hall–Kier alpha value is -4.25. The predicted octanol–water partition coefficient (Wildman–Crippen LogP) is 7.89. The van der Waals surface area contributed by atoms with Gasteiger partial charge in [0, 0.05) is 29.1 Å². The van der Waals surface area contributed by atoms with Crippen molar-refractivity contribution < 1.29 is 36.3 Å². The van der Waals surface area contributed by atoms with Gasteiger partial charge in [-0.15, -0.1) is 0 Å². The van der Waals surface area contributed by atoms with Crippen LogP contribution >= 0.6 is 11.6 Å². The number of amides is 2. The zero-order valence-electron chi connectivity index (χ0n) is 21.9. The van der Waals surface area contributed by atoms with Crippen LogP contribution in [0.2, 0.25) is 5.02 Å². The summed E-state index contributed by atoms with van der Waals surface area (Å²) in [4.78, 5) is 29.6. The SMILES string of the molecule is CC(C)(C)C(=O)NCc1ccc(Cl)c(C(=O)Nc2cccc3c(Oc4ccc(F)c(C(F)(F)F)c4)ccnc23)c1F. The number of nitrogens with one attached hydrogen (secondary N) is 2. The van der Waals surface area contributed by atoms with E-state index in [-0.39, 0.29) is 45.7 Å². The molecule has 0 atom stereocenters. The Kier molecular flexibility index (Phi) is 8.21. The largest absolute Gasteiger partial charge is 0.457 e. The first-order chi connectivity index (χ1) is 19.2. The van der Waals surface area contributed by atoms with Gasteiger partial charge in [0.2, 0.25) is 5.91 Å². The van der Waals surface area contributed by atoms with E-state index >= 15 is 4.39 Å². The van der Waals surface area contributed by atoms with Crippen molar-refractivity contribution in [2.75, 3.05) is 5.32 Å². The Morgan fingerprint density at radius 2 is 1.73 bits per heavy atom. The zero-order chi connectivity index (χ0) is 30.1. The average molecular weight is 592 g/mol. The molecule has 214 valence electrons. The molecule has 41 heavy (non-hydrogen) atoms. The van der Waals surface area contributed by atoms with Crippen LogP contribution in [-0.2, 0) is 17.5 Å². The van der Waals surface area contributed by atoms with Crippen molar-refractivity contribution in [1.29, 1.82) is 0 Å². The number of alkyl halides is 3. The van der Waals surface area contributed by atoms with Crippen LogP contribution in [0.25, 0.3) is 10.9 Å². The number of nitrogens with zero attached hydrogens (tertiary/aromatic N) is 1. The second kappa shape index (κ2) is 11.3. The number of carbonyl (C=O) groups is 2. The highest BCUT2D eigenvalue weighted by Gasteiger charge is 2.34. The minimum absolute atomic E-state index is 0.0430. The maximum absolute atomic E-state index is 15.4. The number of halogens is 6. The average Bonchev–Trinajstić information content (AvgIpc) is 2.88. The lowest BCUT2D eigenvalue weighted by molar-refractivity contribution is -0.140. The molecule has 6 nitrogen and oxygen atoms in total. The lowest BCUT2D eigenvalue weighted by Gasteiger charge is -2.18. The number of carbonyl (C=O) groups excluding carboxylic acids is 2. The molecule has 0 radical (unpaired) electrons. The van der Waals surface area contributed by atoms with Crippen molar-refractivity contribution in [2.45, 2.75) is 33.5 Å². The van der Waals surface area contributed by atoms with E-state index in [9.17, 15) is 27.2 Å². The van der Waals surface area contributed by atoms with E-state index in [4.69, 9.17) is 16.3 Å². The standard InChI is InChI=1S/C29H23ClF5N3O3/c1-28(2,3)27(40)37-14-15-7-9-19(30)23(24(15)32)26(39)38-21-6-4-5-17-22(11-12-36-25(17)21)41-16-8-10-20(31)18(13-16)29(33,34)35/h4-13H,14H2,1-3H3,(H,37,40)(H,38,39). The summed E-state index contributed by atoms with van der Waals surface area (Å²) in [6, 6.07) is 10.9. The molecule has 1 heterocycles. The Balaban J connectivity index is 1.63. The molecular weight excluding hydrogens is 569 g/mol. The van der Waals surface area contributed by atoms with Gasteiger partial charge in [0.1, 0.15) is 23.1 Å². The monoisotopic (exact) mass is 591 g/mol. The summed E-state index contributed by atoms with van der Waals surface area (Å²) in [7, 11) is 0. The summed E-state index contributed by atoms with van der Waals surface area (Å²) in [6.07, 6.45) is -3.62. The number of anilines is 1. The molecule has 0 bridgehead atoms. The quantitative estimate of drug-likeness (QED) is 0.223. The summed E-state index contributed by atoms with van der Waals surface area (Å²) in [5, 5.41) is 5.31. The predicted molar refractivity (Wildman–Crippen MR) is 144 cm³/mol. The van der Waals surface area contributed by atoms with Gasteiger partial charge in [-0.05, 0) is 42.5 Å². The van der Waals surface area contributed by atoms with Crippen molar-refractivity contribution in [3.63, 3.8) is 0 Å². The van der Waals surface area contributed by atoms with Crippen LogP contribution in [0.3, 0.4) is 0 Å². The van der Waals surface area contributed by atoms with Crippen molar-refractivity contribution in [2.24, 2.45) is 5.41 Å².